The normalized spacial score (nSPS) is 19.6. The molecule has 1 aliphatic rings. The van der Waals surface area contributed by atoms with Gasteiger partial charge < -0.3 is 4.74 Å². The molecule has 0 fully saturated rings. The number of carbonyl (C=O) groups excluding carboxylic acids is 1. The zero-order valence-electron chi connectivity index (χ0n) is 27.6. The average Bonchev–Trinajstić information content (AvgIpc) is 2.87. The molecule has 0 saturated heterocycles. The van der Waals surface area contributed by atoms with Gasteiger partial charge in [-0.25, -0.2) is 0 Å². The molecule has 2 nitrogen and oxygen atoms in total. The molecular weight excluding hydrogens is 488 g/mol. The molecule has 1 aliphatic carbocycles. The minimum absolute atomic E-state index is 0.00227. The largest absolute Gasteiger partial charge is 0.465 e. The van der Waals surface area contributed by atoms with Crippen molar-refractivity contribution in [2.75, 3.05) is 6.61 Å². The molecule has 40 heavy (non-hydrogen) atoms. The fourth-order valence-corrected chi connectivity index (χ4v) is 5.52. The van der Waals surface area contributed by atoms with E-state index in [4.69, 9.17) is 4.74 Å². The van der Waals surface area contributed by atoms with Crippen molar-refractivity contribution in [2.24, 2.45) is 11.3 Å². The van der Waals surface area contributed by atoms with Crippen LogP contribution in [0.1, 0.15) is 145 Å². The van der Waals surface area contributed by atoms with Gasteiger partial charge in [0.2, 0.25) is 0 Å². The Morgan fingerprint density at radius 2 is 1.48 bits per heavy atom. The Kier molecular flexibility index (Phi) is 17.9. The van der Waals surface area contributed by atoms with E-state index in [0.717, 1.165) is 89.9 Å². The number of rotatable bonds is 19. The SMILES string of the molecule is C=C(CC/C=C(\C)CCC=C(C)C)CC[C@@H]1C=C(CC/C=C(\C)CCC=C(C)C)C[C@@](C)(C(=O)OCCCC)C1. The van der Waals surface area contributed by atoms with Crippen molar-refractivity contribution in [3.8, 4) is 0 Å². The topological polar surface area (TPSA) is 26.3 Å². The third-order valence-electron chi connectivity index (χ3n) is 8.03. The van der Waals surface area contributed by atoms with Crippen LogP contribution in [0, 0.1) is 11.3 Å². The van der Waals surface area contributed by atoms with E-state index >= 15 is 0 Å². The molecule has 0 bridgehead atoms. The summed E-state index contributed by atoms with van der Waals surface area (Å²) in [5.41, 5.74) is 8.07. The van der Waals surface area contributed by atoms with Crippen LogP contribution in [-0.4, -0.2) is 12.6 Å². The van der Waals surface area contributed by atoms with Gasteiger partial charge in [-0.15, -0.1) is 0 Å². The first kappa shape index (κ1) is 35.9. The highest BCUT2D eigenvalue weighted by Crippen LogP contribution is 2.43. The molecule has 2 heteroatoms. The van der Waals surface area contributed by atoms with Gasteiger partial charge in [0, 0.05) is 0 Å². The van der Waals surface area contributed by atoms with Gasteiger partial charge in [0.05, 0.1) is 12.0 Å². The Morgan fingerprint density at radius 3 is 2.05 bits per heavy atom. The quantitative estimate of drug-likeness (QED) is 0.0908. The van der Waals surface area contributed by atoms with Crippen molar-refractivity contribution in [2.45, 2.75) is 145 Å². The minimum Gasteiger partial charge on any atom is -0.465 e. The van der Waals surface area contributed by atoms with E-state index < -0.39 is 5.41 Å². The smallest absolute Gasteiger partial charge is 0.312 e. The predicted octanol–water partition coefficient (Wildman–Crippen LogP) is 12.0. The van der Waals surface area contributed by atoms with Gasteiger partial charge >= 0.3 is 5.97 Å². The van der Waals surface area contributed by atoms with Crippen LogP contribution >= 0.6 is 0 Å². The maximum atomic E-state index is 13.2. The first-order valence-electron chi connectivity index (χ1n) is 16.1. The lowest BCUT2D eigenvalue weighted by molar-refractivity contribution is -0.156. The van der Waals surface area contributed by atoms with E-state index in [0.29, 0.717) is 12.5 Å². The van der Waals surface area contributed by atoms with Gasteiger partial charge in [0.15, 0.2) is 0 Å². The van der Waals surface area contributed by atoms with Gasteiger partial charge in [-0.05, 0) is 138 Å². The molecular formula is C38H62O2. The van der Waals surface area contributed by atoms with Crippen LogP contribution in [0.3, 0.4) is 0 Å². The number of unbranched alkanes of at least 4 members (excludes halogenated alkanes) is 1. The number of allylic oxidation sites excluding steroid dienone is 11. The summed E-state index contributed by atoms with van der Waals surface area (Å²) in [6.07, 6.45) is 26.4. The Hall–Kier alpha value is -2.09. The molecule has 0 radical (unpaired) electrons. The van der Waals surface area contributed by atoms with Crippen LogP contribution < -0.4 is 0 Å². The Balaban J connectivity index is 2.75. The molecule has 226 valence electrons. The summed E-state index contributed by atoms with van der Waals surface area (Å²) in [5.74, 6) is 0.408. The standard InChI is InChI=1S/C38H62O2/c1-10-11-26-40-37(39)38(9)28-35(23-15-22-33(7)19-13-17-31(4)5)27-36(29-38)25-24-34(8)21-14-20-32(6)18-12-16-30(2)3/h16-17,20,22,27,36H,8,10-15,18-19,21,23-26,28-29H2,1-7,9H3/b32-20+,33-22+/t36-,38-/m1/s1. The van der Waals surface area contributed by atoms with Gasteiger partial charge in [-0.1, -0.05) is 83.7 Å². The lowest BCUT2D eigenvalue weighted by Gasteiger charge is -2.36. The number of hydrogen-bond donors (Lipinski definition) is 0. The third kappa shape index (κ3) is 16.2. The van der Waals surface area contributed by atoms with Gasteiger partial charge in [0.25, 0.3) is 0 Å². The monoisotopic (exact) mass is 550 g/mol. The Bertz CT molecular complexity index is 931. The first-order valence-corrected chi connectivity index (χ1v) is 16.1. The molecule has 0 amide bonds. The highest BCUT2D eigenvalue weighted by molar-refractivity contribution is 5.77. The third-order valence-corrected chi connectivity index (χ3v) is 8.03. The van der Waals surface area contributed by atoms with Gasteiger partial charge in [-0.3, -0.25) is 4.79 Å². The molecule has 0 N–H and O–H groups in total. The molecule has 0 aromatic carbocycles. The first-order chi connectivity index (χ1) is 18.9. The average molecular weight is 551 g/mol. The van der Waals surface area contributed by atoms with Crippen LogP contribution in [0.25, 0.3) is 0 Å². The van der Waals surface area contributed by atoms with E-state index in [1.807, 2.05) is 0 Å². The number of carbonyl (C=O) groups is 1. The van der Waals surface area contributed by atoms with Crippen molar-refractivity contribution in [1.82, 2.24) is 0 Å². The van der Waals surface area contributed by atoms with Gasteiger partial charge in [-0.2, -0.15) is 0 Å². The summed E-state index contributed by atoms with van der Waals surface area (Å²) in [4.78, 5) is 13.2. The maximum absolute atomic E-state index is 13.2. The maximum Gasteiger partial charge on any atom is 0.312 e. The zero-order chi connectivity index (χ0) is 30.0. The predicted molar refractivity (Wildman–Crippen MR) is 176 cm³/mol. The molecule has 0 spiro atoms. The Labute approximate surface area is 248 Å². The number of hydrogen-bond acceptors (Lipinski definition) is 2. The minimum atomic E-state index is -0.419. The molecule has 0 aliphatic heterocycles. The fourth-order valence-electron chi connectivity index (χ4n) is 5.52. The van der Waals surface area contributed by atoms with E-state index in [9.17, 15) is 4.79 Å². The van der Waals surface area contributed by atoms with Crippen LogP contribution in [-0.2, 0) is 9.53 Å². The van der Waals surface area contributed by atoms with Crippen molar-refractivity contribution < 1.29 is 9.53 Å². The van der Waals surface area contributed by atoms with Crippen LogP contribution in [0.4, 0.5) is 0 Å². The molecule has 0 aromatic heterocycles. The summed E-state index contributed by atoms with van der Waals surface area (Å²) in [7, 11) is 0. The van der Waals surface area contributed by atoms with Crippen LogP contribution in [0.2, 0.25) is 0 Å². The fraction of sp³-hybridized carbons (Fsp3) is 0.658. The lowest BCUT2D eigenvalue weighted by Crippen LogP contribution is -2.35. The molecule has 1 rings (SSSR count). The highest BCUT2D eigenvalue weighted by atomic mass is 16.5. The second-order valence-electron chi connectivity index (χ2n) is 13.1. The second-order valence-corrected chi connectivity index (χ2v) is 13.1. The Morgan fingerprint density at radius 1 is 0.900 bits per heavy atom. The highest BCUT2D eigenvalue weighted by Gasteiger charge is 2.40. The zero-order valence-corrected chi connectivity index (χ0v) is 27.6. The summed E-state index contributed by atoms with van der Waals surface area (Å²) >= 11 is 0. The molecule has 2 atom stereocenters. The molecule has 0 unspecified atom stereocenters. The van der Waals surface area contributed by atoms with Crippen molar-refractivity contribution in [1.29, 1.82) is 0 Å². The van der Waals surface area contributed by atoms with E-state index in [1.54, 1.807) is 0 Å². The molecule has 0 aromatic rings. The number of esters is 1. The summed E-state index contributed by atoms with van der Waals surface area (Å²) < 4.78 is 5.76. The number of ether oxygens (including phenoxy) is 1. The summed E-state index contributed by atoms with van der Waals surface area (Å²) in [6.45, 7) is 22.4. The van der Waals surface area contributed by atoms with Crippen molar-refractivity contribution in [3.63, 3.8) is 0 Å². The second kappa shape index (κ2) is 19.9. The van der Waals surface area contributed by atoms with Crippen molar-refractivity contribution >= 4 is 5.97 Å². The summed E-state index contributed by atoms with van der Waals surface area (Å²) in [5, 5.41) is 0. The van der Waals surface area contributed by atoms with E-state index in [1.165, 1.54) is 33.4 Å². The van der Waals surface area contributed by atoms with Crippen LogP contribution in [0.5, 0.6) is 0 Å². The lowest BCUT2D eigenvalue weighted by atomic mass is 9.69. The molecule has 0 saturated carbocycles. The van der Waals surface area contributed by atoms with Crippen LogP contribution in [0.15, 0.2) is 70.4 Å². The van der Waals surface area contributed by atoms with Gasteiger partial charge in [0.1, 0.15) is 0 Å². The summed E-state index contributed by atoms with van der Waals surface area (Å²) in [6, 6.07) is 0. The van der Waals surface area contributed by atoms with Crippen molar-refractivity contribution in [3.05, 3.63) is 70.4 Å². The van der Waals surface area contributed by atoms with E-state index in [2.05, 4.69) is 92.3 Å². The molecule has 0 heterocycles. The van der Waals surface area contributed by atoms with E-state index in [-0.39, 0.29) is 5.97 Å².